The summed E-state index contributed by atoms with van der Waals surface area (Å²) in [7, 11) is 0. The molecular formula is C12H12FNO4. The number of carboxylic acids is 1. The first kappa shape index (κ1) is 12.5. The van der Waals surface area contributed by atoms with Gasteiger partial charge >= 0.3 is 5.97 Å². The van der Waals surface area contributed by atoms with Crippen LogP contribution in [0.1, 0.15) is 23.2 Å². The van der Waals surface area contributed by atoms with Crippen LogP contribution in [0.15, 0.2) is 18.2 Å². The summed E-state index contributed by atoms with van der Waals surface area (Å²) >= 11 is 0. The first-order chi connectivity index (χ1) is 8.58. The lowest BCUT2D eigenvalue weighted by Gasteiger charge is -2.10. The Morgan fingerprint density at radius 3 is 2.78 bits per heavy atom. The Hall–Kier alpha value is -1.95. The van der Waals surface area contributed by atoms with Crippen molar-refractivity contribution in [1.29, 1.82) is 0 Å². The van der Waals surface area contributed by atoms with E-state index in [2.05, 4.69) is 5.32 Å². The van der Waals surface area contributed by atoms with Crippen LogP contribution in [0.4, 0.5) is 10.1 Å². The number of carbonyl (C=O) groups is 2. The van der Waals surface area contributed by atoms with Crippen LogP contribution in [0, 0.1) is 5.82 Å². The second-order valence-corrected chi connectivity index (χ2v) is 3.99. The van der Waals surface area contributed by atoms with Crippen molar-refractivity contribution >= 4 is 17.6 Å². The third-order valence-corrected chi connectivity index (χ3v) is 2.69. The summed E-state index contributed by atoms with van der Waals surface area (Å²) in [6.07, 6.45) is 0.957. The SMILES string of the molecule is O=C(O)c1ccc(NC(=O)[C@@H]2CCCO2)cc1F. The highest BCUT2D eigenvalue weighted by Gasteiger charge is 2.23. The lowest BCUT2D eigenvalue weighted by Crippen LogP contribution is -2.26. The molecule has 1 heterocycles. The Balaban J connectivity index is 2.07. The van der Waals surface area contributed by atoms with Crippen LogP contribution in [0.5, 0.6) is 0 Å². The van der Waals surface area contributed by atoms with Gasteiger partial charge in [0.1, 0.15) is 11.9 Å². The first-order valence-electron chi connectivity index (χ1n) is 5.53. The molecule has 96 valence electrons. The third kappa shape index (κ3) is 2.65. The number of hydrogen-bond acceptors (Lipinski definition) is 3. The number of aromatic carboxylic acids is 1. The highest BCUT2D eigenvalue weighted by atomic mass is 19.1. The molecule has 1 aromatic rings. The number of hydrogen-bond donors (Lipinski definition) is 2. The molecule has 1 atom stereocenters. The maximum atomic E-state index is 13.4. The molecule has 1 amide bonds. The fourth-order valence-electron chi connectivity index (χ4n) is 1.77. The average Bonchev–Trinajstić information content (AvgIpc) is 2.81. The standard InChI is InChI=1S/C12H12FNO4/c13-9-6-7(3-4-8(9)12(16)17)14-11(15)10-2-1-5-18-10/h3-4,6,10H,1-2,5H2,(H,14,15)(H,16,17)/t10-/m0/s1. The second-order valence-electron chi connectivity index (χ2n) is 3.99. The van der Waals surface area contributed by atoms with Crippen LogP contribution >= 0.6 is 0 Å². The third-order valence-electron chi connectivity index (χ3n) is 2.69. The van der Waals surface area contributed by atoms with Gasteiger partial charge in [0.15, 0.2) is 0 Å². The van der Waals surface area contributed by atoms with Gasteiger partial charge in [-0.25, -0.2) is 9.18 Å². The lowest BCUT2D eigenvalue weighted by atomic mass is 10.2. The molecule has 5 nitrogen and oxygen atoms in total. The van der Waals surface area contributed by atoms with E-state index in [4.69, 9.17) is 9.84 Å². The Bertz CT molecular complexity index is 483. The summed E-state index contributed by atoms with van der Waals surface area (Å²) in [5.74, 6) is -2.56. The molecule has 1 aliphatic heterocycles. The maximum absolute atomic E-state index is 13.4. The molecule has 6 heteroatoms. The van der Waals surface area contributed by atoms with Crippen molar-refractivity contribution in [2.75, 3.05) is 11.9 Å². The van der Waals surface area contributed by atoms with E-state index in [1.807, 2.05) is 0 Å². The van der Waals surface area contributed by atoms with Gasteiger partial charge in [0.25, 0.3) is 5.91 Å². The van der Waals surface area contributed by atoms with E-state index in [-0.39, 0.29) is 11.6 Å². The fourth-order valence-corrected chi connectivity index (χ4v) is 1.77. The number of nitrogens with one attached hydrogen (secondary N) is 1. The minimum Gasteiger partial charge on any atom is -0.478 e. The van der Waals surface area contributed by atoms with Gasteiger partial charge in [0.05, 0.1) is 5.56 Å². The van der Waals surface area contributed by atoms with Gasteiger partial charge in [-0.15, -0.1) is 0 Å². The number of carbonyl (C=O) groups excluding carboxylic acids is 1. The lowest BCUT2D eigenvalue weighted by molar-refractivity contribution is -0.124. The summed E-state index contributed by atoms with van der Waals surface area (Å²) in [6.45, 7) is 0.546. The molecular weight excluding hydrogens is 241 g/mol. The molecule has 0 aromatic heterocycles. The summed E-state index contributed by atoms with van der Waals surface area (Å²) in [6, 6.07) is 3.44. The zero-order chi connectivity index (χ0) is 13.1. The van der Waals surface area contributed by atoms with E-state index in [0.717, 1.165) is 18.6 Å². The van der Waals surface area contributed by atoms with Crippen LogP contribution in [-0.2, 0) is 9.53 Å². The van der Waals surface area contributed by atoms with Gasteiger partial charge in [-0.3, -0.25) is 4.79 Å². The summed E-state index contributed by atoms with van der Waals surface area (Å²) in [4.78, 5) is 22.3. The Labute approximate surface area is 103 Å². The zero-order valence-electron chi connectivity index (χ0n) is 9.48. The first-order valence-corrected chi connectivity index (χ1v) is 5.53. The number of halogens is 1. The normalized spacial score (nSPS) is 18.6. The van der Waals surface area contributed by atoms with Gasteiger partial charge < -0.3 is 15.2 Å². The van der Waals surface area contributed by atoms with Gasteiger partial charge in [-0.1, -0.05) is 0 Å². The number of benzene rings is 1. The van der Waals surface area contributed by atoms with E-state index in [1.165, 1.54) is 6.07 Å². The molecule has 1 aliphatic rings. The van der Waals surface area contributed by atoms with Crippen molar-refractivity contribution in [2.45, 2.75) is 18.9 Å². The molecule has 0 saturated carbocycles. The topological polar surface area (TPSA) is 75.6 Å². The quantitative estimate of drug-likeness (QED) is 0.858. The molecule has 2 rings (SSSR count). The summed E-state index contributed by atoms with van der Waals surface area (Å²) in [5, 5.41) is 11.2. The summed E-state index contributed by atoms with van der Waals surface area (Å²) in [5.41, 5.74) is -0.205. The number of anilines is 1. The van der Waals surface area contributed by atoms with E-state index in [1.54, 1.807) is 0 Å². The predicted octanol–water partition coefficient (Wildman–Crippen LogP) is 1.64. The Morgan fingerprint density at radius 1 is 1.44 bits per heavy atom. The van der Waals surface area contributed by atoms with E-state index < -0.39 is 23.5 Å². The van der Waals surface area contributed by atoms with Crippen molar-refractivity contribution in [2.24, 2.45) is 0 Å². The number of carboxylic acid groups (broad SMARTS) is 1. The predicted molar refractivity (Wildman–Crippen MR) is 61.0 cm³/mol. The van der Waals surface area contributed by atoms with Crippen LogP contribution in [0.2, 0.25) is 0 Å². The highest BCUT2D eigenvalue weighted by Crippen LogP contribution is 2.17. The van der Waals surface area contributed by atoms with Gasteiger partial charge in [-0.2, -0.15) is 0 Å². The van der Waals surface area contributed by atoms with Crippen molar-refractivity contribution in [3.05, 3.63) is 29.6 Å². The van der Waals surface area contributed by atoms with Crippen molar-refractivity contribution in [3.63, 3.8) is 0 Å². The fraction of sp³-hybridized carbons (Fsp3) is 0.333. The Morgan fingerprint density at radius 2 is 2.22 bits per heavy atom. The van der Waals surface area contributed by atoms with Crippen molar-refractivity contribution < 1.29 is 23.8 Å². The molecule has 0 unspecified atom stereocenters. The minimum atomic E-state index is -1.34. The highest BCUT2D eigenvalue weighted by molar-refractivity contribution is 5.95. The number of ether oxygens (including phenoxy) is 1. The van der Waals surface area contributed by atoms with Crippen molar-refractivity contribution in [1.82, 2.24) is 0 Å². The monoisotopic (exact) mass is 253 g/mol. The average molecular weight is 253 g/mol. The zero-order valence-corrected chi connectivity index (χ0v) is 9.48. The van der Waals surface area contributed by atoms with Gasteiger partial charge in [-0.05, 0) is 31.0 Å². The van der Waals surface area contributed by atoms with E-state index in [0.29, 0.717) is 13.0 Å². The van der Waals surface area contributed by atoms with Crippen LogP contribution in [0.25, 0.3) is 0 Å². The van der Waals surface area contributed by atoms with E-state index >= 15 is 0 Å². The van der Waals surface area contributed by atoms with Gasteiger partial charge in [0.2, 0.25) is 0 Å². The molecule has 2 N–H and O–H groups in total. The molecule has 0 spiro atoms. The molecule has 18 heavy (non-hydrogen) atoms. The molecule has 0 bridgehead atoms. The number of amides is 1. The minimum absolute atomic E-state index is 0.220. The smallest absolute Gasteiger partial charge is 0.338 e. The molecule has 0 aliphatic carbocycles. The van der Waals surface area contributed by atoms with Gasteiger partial charge in [0, 0.05) is 12.3 Å². The second kappa shape index (κ2) is 5.14. The molecule has 1 fully saturated rings. The summed E-state index contributed by atoms with van der Waals surface area (Å²) < 4.78 is 18.5. The molecule has 0 radical (unpaired) electrons. The largest absolute Gasteiger partial charge is 0.478 e. The van der Waals surface area contributed by atoms with Crippen LogP contribution in [-0.4, -0.2) is 29.7 Å². The number of rotatable bonds is 3. The Kier molecular flexibility index (Phi) is 3.57. The molecule has 1 saturated heterocycles. The van der Waals surface area contributed by atoms with Crippen LogP contribution in [0.3, 0.4) is 0 Å². The van der Waals surface area contributed by atoms with E-state index in [9.17, 15) is 14.0 Å². The molecule has 1 aromatic carbocycles. The van der Waals surface area contributed by atoms with Crippen LogP contribution < -0.4 is 5.32 Å². The maximum Gasteiger partial charge on any atom is 0.338 e. The van der Waals surface area contributed by atoms with Crippen molar-refractivity contribution in [3.8, 4) is 0 Å².